The Balaban J connectivity index is 2.12. The molecule has 116 valence electrons. The van der Waals surface area contributed by atoms with E-state index in [0.717, 1.165) is 16.9 Å². The summed E-state index contributed by atoms with van der Waals surface area (Å²) in [5, 5.41) is 0. The van der Waals surface area contributed by atoms with E-state index in [4.69, 9.17) is 13.1 Å². The summed E-state index contributed by atoms with van der Waals surface area (Å²) in [6.07, 6.45) is 0. The van der Waals surface area contributed by atoms with Crippen molar-refractivity contribution in [1.82, 2.24) is 14.5 Å². The second kappa shape index (κ2) is 5.92. The lowest BCUT2D eigenvalue weighted by Gasteiger charge is -2.08. The van der Waals surface area contributed by atoms with Gasteiger partial charge in [-0.15, -0.1) is 9.97 Å². The maximum Gasteiger partial charge on any atom is 0.295 e. The molecule has 0 radical (unpaired) electrons. The molecule has 0 amide bonds. The first-order valence-corrected chi connectivity index (χ1v) is 7.61. The van der Waals surface area contributed by atoms with Crippen LogP contribution < -0.4 is 0 Å². The lowest BCUT2D eigenvalue weighted by atomic mass is 10.1. The van der Waals surface area contributed by atoms with E-state index < -0.39 is 0 Å². The summed E-state index contributed by atoms with van der Waals surface area (Å²) < 4.78 is 1.97. The molecule has 4 rings (SSSR count). The molecule has 0 fully saturated rings. The molecule has 0 atom stereocenters. The Bertz CT molecular complexity index is 1150. The molecule has 0 aliphatic carbocycles. The van der Waals surface area contributed by atoms with Crippen molar-refractivity contribution >= 4 is 22.8 Å². The summed E-state index contributed by atoms with van der Waals surface area (Å²) in [5.74, 6) is 0.0599. The molecule has 0 spiro atoms. The van der Waals surface area contributed by atoms with Gasteiger partial charge in [-0.2, -0.15) is 0 Å². The van der Waals surface area contributed by atoms with Crippen LogP contribution in [0.3, 0.4) is 0 Å². The summed E-state index contributed by atoms with van der Waals surface area (Å²) in [5.41, 5.74) is 4.03. The zero-order chi connectivity index (χ0) is 17.2. The quantitative estimate of drug-likeness (QED) is 0.477. The number of rotatable bonds is 2. The normalized spacial score (nSPS) is 10.3. The topological polar surface area (TPSA) is 39.4 Å². The van der Waals surface area contributed by atoms with E-state index >= 15 is 0 Å². The van der Waals surface area contributed by atoms with Gasteiger partial charge in [-0.1, -0.05) is 61.7 Å². The first-order valence-electron chi connectivity index (χ1n) is 7.61. The van der Waals surface area contributed by atoms with Crippen LogP contribution in [0.25, 0.3) is 37.8 Å². The van der Waals surface area contributed by atoms with Crippen LogP contribution in [0.2, 0.25) is 0 Å². The molecule has 25 heavy (non-hydrogen) atoms. The predicted octanol–water partition coefficient (Wildman–Crippen LogP) is 5.19. The fourth-order valence-corrected chi connectivity index (χ4v) is 2.80. The zero-order valence-electron chi connectivity index (χ0n) is 13.1. The fraction of sp³-hybridized carbons (Fsp3) is 0. The summed E-state index contributed by atoms with van der Waals surface area (Å²) in [6.45, 7) is 14.5. The predicted molar refractivity (Wildman–Crippen MR) is 96.8 cm³/mol. The minimum atomic E-state index is 0.0254. The van der Waals surface area contributed by atoms with Gasteiger partial charge in [-0.3, -0.25) is 4.57 Å². The number of aromatic nitrogens is 3. The SMILES string of the molecule is [C-]#[N+]c1nc2cc(-c3ccccc3)n(-c3ccccc3)c2nc1[N+]#[C-]. The van der Waals surface area contributed by atoms with E-state index in [1.165, 1.54) is 0 Å². The Morgan fingerprint density at radius 2 is 1.36 bits per heavy atom. The van der Waals surface area contributed by atoms with E-state index in [1.807, 2.05) is 71.3 Å². The molecule has 2 aromatic heterocycles. The minimum Gasteiger partial charge on any atom is -0.370 e. The maximum atomic E-state index is 7.28. The molecule has 0 saturated heterocycles. The molecule has 0 saturated carbocycles. The van der Waals surface area contributed by atoms with Crippen LogP contribution in [0.5, 0.6) is 0 Å². The van der Waals surface area contributed by atoms with Crippen molar-refractivity contribution < 1.29 is 0 Å². The molecular weight excluding hydrogens is 310 g/mol. The van der Waals surface area contributed by atoms with Gasteiger partial charge in [0.05, 0.1) is 5.69 Å². The van der Waals surface area contributed by atoms with Crippen LogP contribution >= 0.6 is 0 Å². The summed E-state index contributed by atoms with van der Waals surface area (Å²) in [4.78, 5) is 15.5. The largest absolute Gasteiger partial charge is 0.370 e. The van der Waals surface area contributed by atoms with Crippen molar-refractivity contribution in [2.75, 3.05) is 0 Å². The van der Waals surface area contributed by atoms with Crippen molar-refractivity contribution in [2.45, 2.75) is 0 Å². The Labute approximate surface area is 144 Å². The van der Waals surface area contributed by atoms with Crippen LogP contribution in [0, 0.1) is 13.1 Å². The molecule has 5 nitrogen and oxygen atoms in total. The third-order valence-electron chi connectivity index (χ3n) is 3.89. The molecular formula is C20H11N5. The Hall–Kier alpha value is -3.96. The third-order valence-corrected chi connectivity index (χ3v) is 3.89. The lowest BCUT2D eigenvalue weighted by Crippen LogP contribution is -1.98. The summed E-state index contributed by atoms with van der Waals surface area (Å²) in [7, 11) is 0. The Morgan fingerprint density at radius 3 is 2.00 bits per heavy atom. The van der Waals surface area contributed by atoms with Crippen LogP contribution in [0.1, 0.15) is 0 Å². The van der Waals surface area contributed by atoms with Gasteiger partial charge >= 0.3 is 0 Å². The molecule has 0 bridgehead atoms. The number of hydrogen-bond donors (Lipinski definition) is 0. The summed E-state index contributed by atoms with van der Waals surface area (Å²) in [6, 6.07) is 21.7. The first kappa shape index (κ1) is 14.6. The highest BCUT2D eigenvalue weighted by atomic mass is 15.1. The van der Waals surface area contributed by atoms with Crippen molar-refractivity contribution in [3.8, 4) is 16.9 Å². The lowest BCUT2D eigenvalue weighted by molar-refractivity contribution is 1.10. The van der Waals surface area contributed by atoms with Gasteiger partial charge in [-0.05, 0) is 17.7 Å². The van der Waals surface area contributed by atoms with Crippen molar-refractivity contribution in [3.05, 3.63) is 89.6 Å². The number of para-hydroxylation sites is 1. The second-order valence-corrected chi connectivity index (χ2v) is 5.37. The second-order valence-electron chi connectivity index (χ2n) is 5.37. The van der Waals surface area contributed by atoms with E-state index in [1.54, 1.807) is 0 Å². The zero-order valence-corrected chi connectivity index (χ0v) is 13.1. The molecule has 4 aromatic rings. The Morgan fingerprint density at radius 1 is 0.760 bits per heavy atom. The first-order chi connectivity index (χ1) is 12.3. The average molecular weight is 321 g/mol. The number of fused-ring (bicyclic) bond motifs is 1. The van der Waals surface area contributed by atoms with E-state index in [-0.39, 0.29) is 11.6 Å². The highest BCUT2D eigenvalue weighted by molar-refractivity contribution is 5.87. The maximum absolute atomic E-state index is 7.28. The molecule has 0 aliphatic heterocycles. The van der Waals surface area contributed by atoms with Gasteiger partial charge in [0.2, 0.25) is 5.52 Å². The number of benzene rings is 2. The van der Waals surface area contributed by atoms with Crippen LogP contribution in [-0.4, -0.2) is 14.5 Å². The van der Waals surface area contributed by atoms with Crippen molar-refractivity contribution in [2.24, 2.45) is 0 Å². The number of nitrogens with zero attached hydrogens (tertiary/aromatic N) is 5. The number of hydrogen-bond acceptors (Lipinski definition) is 2. The van der Waals surface area contributed by atoms with E-state index in [2.05, 4.69) is 19.7 Å². The molecule has 2 aromatic carbocycles. The van der Waals surface area contributed by atoms with Gasteiger partial charge in [0.15, 0.2) is 0 Å². The van der Waals surface area contributed by atoms with Crippen LogP contribution in [0.15, 0.2) is 66.7 Å². The highest BCUT2D eigenvalue weighted by Crippen LogP contribution is 2.33. The van der Waals surface area contributed by atoms with Crippen molar-refractivity contribution in [3.63, 3.8) is 0 Å². The van der Waals surface area contributed by atoms with Crippen molar-refractivity contribution in [1.29, 1.82) is 0 Å². The van der Waals surface area contributed by atoms with Gasteiger partial charge in [0.25, 0.3) is 17.3 Å². The Kier molecular flexibility index (Phi) is 3.46. The molecule has 0 N–H and O–H groups in total. The van der Waals surface area contributed by atoms with Crippen LogP contribution in [-0.2, 0) is 0 Å². The monoisotopic (exact) mass is 321 g/mol. The standard InChI is InChI=1S/C20H11N5/c1-21-18-19(22-2)24-20-16(23-18)13-17(14-9-5-3-6-10-14)25(20)15-11-7-4-8-12-15/h3-13H. The van der Waals surface area contributed by atoms with Gasteiger partial charge < -0.3 is 9.69 Å². The summed E-state index contributed by atoms with van der Waals surface area (Å²) >= 11 is 0. The smallest absolute Gasteiger partial charge is 0.295 e. The minimum absolute atomic E-state index is 0.0254. The van der Waals surface area contributed by atoms with Gasteiger partial charge in [-0.25, -0.2) is 0 Å². The van der Waals surface area contributed by atoms with E-state index in [9.17, 15) is 0 Å². The molecule has 5 heteroatoms. The molecule has 0 aliphatic rings. The van der Waals surface area contributed by atoms with E-state index in [0.29, 0.717) is 11.2 Å². The van der Waals surface area contributed by atoms with Gasteiger partial charge in [0, 0.05) is 11.8 Å². The highest BCUT2D eigenvalue weighted by Gasteiger charge is 2.22. The van der Waals surface area contributed by atoms with Gasteiger partial charge in [0.1, 0.15) is 0 Å². The molecule has 2 heterocycles. The fourth-order valence-electron chi connectivity index (χ4n) is 2.80. The average Bonchev–Trinajstić information content (AvgIpc) is 3.06. The molecule has 0 unspecified atom stereocenters. The third kappa shape index (κ3) is 2.41. The van der Waals surface area contributed by atoms with Crippen LogP contribution in [0.4, 0.5) is 11.6 Å².